The van der Waals surface area contributed by atoms with E-state index in [4.69, 9.17) is 0 Å². The van der Waals surface area contributed by atoms with Gasteiger partial charge in [-0.25, -0.2) is 0 Å². The SMILES string of the molecule is Cc1cc(Cc2ccc(O)cc2O)c(C)cc1O. The summed E-state index contributed by atoms with van der Waals surface area (Å²) in [6.45, 7) is 3.76. The average Bonchev–Trinajstić information content (AvgIpc) is 2.29. The van der Waals surface area contributed by atoms with Crippen molar-refractivity contribution in [2.75, 3.05) is 0 Å². The molecule has 0 saturated heterocycles. The van der Waals surface area contributed by atoms with Crippen LogP contribution in [0.5, 0.6) is 17.2 Å². The number of aromatic hydroxyl groups is 3. The highest BCUT2D eigenvalue weighted by molar-refractivity contribution is 5.46. The Kier molecular flexibility index (Phi) is 3.15. The van der Waals surface area contributed by atoms with E-state index in [0.717, 1.165) is 22.3 Å². The summed E-state index contributed by atoms with van der Waals surface area (Å²) in [4.78, 5) is 0. The summed E-state index contributed by atoms with van der Waals surface area (Å²) in [5, 5.41) is 28.6. The van der Waals surface area contributed by atoms with Gasteiger partial charge in [-0.15, -0.1) is 0 Å². The van der Waals surface area contributed by atoms with E-state index in [9.17, 15) is 15.3 Å². The summed E-state index contributed by atoms with van der Waals surface area (Å²) in [7, 11) is 0. The van der Waals surface area contributed by atoms with E-state index in [-0.39, 0.29) is 17.2 Å². The molecule has 0 aliphatic heterocycles. The Morgan fingerprint density at radius 2 is 1.50 bits per heavy atom. The van der Waals surface area contributed by atoms with Crippen LogP contribution in [0.15, 0.2) is 30.3 Å². The lowest BCUT2D eigenvalue weighted by atomic mass is 9.97. The molecular weight excluding hydrogens is 228 g/mol. The van der Waals surface area contributed by atoms with E-state index in [1.54, 1.807) is 18.2 Å². The fourth-order valence-corrected chi connectivity index (χ4v) is 1.96. The monoisotopic (exact) mass is 244 g/mol. The molecule has 3 N–H and O–H groups in total. The molecule has 0 amide bonds. The molecule has 0 aliphatic rings. The molecule has 0 bridgehead atoms. The van der Waals surface area contributed by atoms with Crippen LogP contribution in [0, 0.1) is 13.8 Å². The number of rotatable bonds is 2. The van der Waals surface area contributed by atoms with Crippen molar-refractivity contribution in [1.29, 1.82) is 0 Å². The normalized spacial score (nSPS) is 10.6. The molecule has 2 aromatic rings. The maximum atomic E-state index is 9.76. The number of benzene rings is 2. The van der Waals surface area contributed by atoms with Crippen LogP contribution >= 0.6 is 0 Å². The molecule has 0 saturated carbocycles. The number of phenolic OH excluding ortho intramolecular Hbond substituents is 3. The second-order valence-corrected chi connectivity index (χ2v) is 4.55. The lowest BCUT2D eigenvalue weighted by Gasteiger charge is -2.10. The molecule has 0 aliphatic carbocycles. The minimum Gasteiger partial charge on any atom is -0.508 e. The van der Waals surface area contributed by atoms with Gasteiger partial charge >= 0.3 is 0 Å². The zero-order valence-electron chi connectivity index (χ0n) is 10.4. The smallest absolute Gasteiger partial charge is 0.122 e. The zero-order valence-corrected chi connectivity index (χ0v) is 10.4. The van der Waals surface area contributed by atoms with Crippen LogP contribution < -0.4 is 0 Å². The first-order valence-corrected chi connectivity index (χ1v) is 5.77. The van der Waals surface area contributed by atoms with Gasteiger partial charge in [-0.1, -0.05) is 12.1 Å². The summed E-state index contributed by atoms with van der Waals surface area (Å²) in [5.74, 6) is 0.418. The minimum atomic E-state index is 0.0508. The molecule has 0 fully saturated rings. The standard InChI is InChI=1S/C15H16O3/c1-9-6-14(17)10(2)5-12(9)7-11-3-4-13(16)8-15(11)18/h3-6,8,16-18H,7H2,1-2H3. The second kappa shape index (κ2) is 4.61. The van der Waals surface area contributed by atoms with E-state index in [0.29, 0.717) is 6.42 Å². The highest BCUT2D eigenvalue weighted by atomic mass is 16.3. The van der Waals surface area contributed by atoms with Crippen molar-refractivity contribution in [1.82, 2.24) is 0 Å². The lowest BCUT2D eigenvalue weighted by molar-refractivity contribution is 0.447. The Morgan fingerprint density at radius 1 is 0.778 bits per heavy atom. The van der Waals surface area contributed by atoms with E-state index in [1.807, 2.05) is 19.9 Å². The summed E-state index contributed by atoms with van der Waals surface area (Å²) < 4.78 is 0. The van der Waals surface area contributed by atoms with Crippen molar-refractivity contribution >= 4 is 0 Å². The minimum absolute atomic E-state index is 0.0508. The molecular formula is C15H16O3. The van der Waals surface area contributed by atoms with Crippen molar-refractivity contribution < 1.29 is 15.3 Å². The van der Waals surface area contributed by atoms with Gasteiger partial charge in [0.2, 0.25) is 0 Å². The fourth-order valence-electron chi connectivity index (χ4n) is 1.96. The van der Waals surface area contributed by atoms with Gasteiger partial charge in [0, 0.05) is 12.5 Å². The van der Waals surface area contributed by atoms with E-state index < -0.39 is 0 Å². The Labute approximate surface area is 106 Å². The molecule has 2 aromatic carbocycles. The Bertz CT molecular complexity index is 589. The zero-order chi connectivity index (χ0) is 13.3. The maximum Gasteiger partial charge on any atom is 0.122 e. The number of aryl methyl sites for hydroxylation is 2. The van der Waals surface area contributed by atoms with Crippen molar-refractivity contribution in [3.63, 3.8) is 0 Å². The van der Waals surface area contributed by atoms with Crippen LogP contribution in [0.1, 0.15) is 22.3 Å². The predicted molar refractivity (Wildman–Crippen MR) is 70.2 cm³/mol. The molecule has 18 heavy (non-hydrogen) atoms. The summed E-state index contributed by atoms with van der Waals surface area (Å²) in [6.07, 6.45) is 0.569. The largest absolute Gasteiger partial charge is 0.508 e. The lowest BCUT2D eigenvalue weighted by Crippen LogP contribution is -1.94. The van der Waals surface area contributed by atoms with Crippen molar-refractivity contribution in [2.24, 2.45) is 0 Å². The molecule has 0 aromatic heterocycles. The van der Waals surface area contributed by atoms with Crippen LogP contribution in [0.2, 0.25) is 0 Å². The molecule has 3 nitrogen and oxygen atoms in total. The number of hydrogen-bond acceptors (Lipinski definition) is 3. The van der Waals surface area contributed by atoms with Crippen molar-refractivity contribution in [2.45, 2.75) is 20.3 Å². The van der Waals surface area contributed by atoms with Crippen LogP contribution in [0.25, 0.3) is 0 Å². The molecule has 2 rings (SSSR count). The van der Waals surface area contributed by atoms with Gasteiger partial charge in [-0.3, -0.25) is 0 Å². The Hall–Kier alpha value is -2.16. The van der Waals surface area contributed by atoms with Crippen molar-refractivity contribution in [3.05, 3.63) is 52.6 Å². The van der Waals surface area contributed by atoms with Crippen molar-refractivity contribution in [3.8, 4) is 17.2 Å². The molecule has 0 atom stereocenters. The summed E-state index contributed by atoms with van der Waals surface area (Å²) in [5.41, 5.74) is 3.59. The average molecular weight is 244 g/mol. The van der Waals surface area contributed by atoms with Gasteiger partial charge in [0.1, 0.15) is 17.2 Å². The number of hydrogen-bond donors (Lipinski definition) is 3. The number of phenols is 3. The highest BCUT2D eigenvalue weighted by Crippen LogP contribution is 2.28. The third-order valence-electron chi connectivity index (χ3n) is 3.10. The molecule has 94 valence electrons. The highest BCUT2D eigenvalue weighted by Gasteiger charge is 2.08. The first-order valence-electron chi connectivity index (χ1n) is 5.77. The summed E-state index contributed by atoms with van der Waals surface area (Å²) in [6, 6.07) is 8.22. The van der Waals surface area contributed by atoms with Gasteiger partial charge in [0.25, 0.3) is 0 Å². The van der Waals surface area contributed by atoms with Gasteiger partial charge < -0.3 is 15.3 Å². The van der Waals surface area contributed by atoms with E-state index in [2.05, 4.69) is 0 Å². The predicted octanol–water partition coefficient (Wildman–Crippen LogP) is 3.01. The van der Waals surface area contributed by atoms with E-state index >= 15 is 0 Å². The van der Waals surface area contributed by atoms with Crippen LogP contribution in [0.3, 0.4) is 0 Å². The van der Waals surface area contributed by atoms with Gasteiger partial charge in [-0.05, 0) is 48.2 Å². The van der Waals surface area contributed by atoms with Crippen LogP contribution in [-0.4, -0.2) is 15.3 Å². The van der Waals surface area contributed by atoms with Crippen LogP contribution in [0.4, 0.5) is 0 Å². The molecule has 3 heteroatoms. The topological polar surface area (TPSA) is 60.7 Å². The molecule has 0 radical (unpaired) electrons. The first-order chi connectivity index (χ1) is 8.47. The van der Waals surface area contributed by atoms with Gasteiger partial charge in [0.05, 0.1) is 0 Å². The Balaban J connectivity index is 2.37. The van der Waals surface area contributed by atoms with E-state index in [1.165, 1.54) is 6.07 Å². The third-order valence-corrected chi connectivity index (χ3v) is 3.10. The molecule has 0 heterocycles. The molecule has 0 spiro atoms. The fraction of sp³-hybridized carbons (Fsp3) is 0.200. The second-order valence-electron chi connectivity index (χ2n) is 4.55. The molecule has 0 unspecified atom stereocenters. The third kappa shape index (κ3) is 2.40. The maximum absolute atomic E-state index is 9.76. The first kappa shape index (κ1) is 12.3. The summed E-state index contributed by atoms with van der Waals surface area (Å²) >= 11 is 0. The van der Waals surface area contributed by atoms with Gasteiger partial charge in [0.15, 0.2) is 0 Å². The van der Waals surface area contributed by atoms with Crippen LogP contribution in [-0.2, 0) is 6.42 Å². The van der Waals surface area contributed by atoms with Gasteiger partial charge in [-0.2, -0.15) is 0 Å². The quantitative estimate of drug-likeness (QED) is 0.761. The Morgan fingerprint density at radius 3 is 2.17 bits per heavy atom.